The molecule has 0 aliphatic heterocycles. The van der Waals surface area contributed by atoms with E-state index in [0.29, 0.717) is 55.6 Å². The first-order chi connectivity index (χ1) is 18.4. The zero-order valence-electron chi connectivity index (χ0n) is 21.4. The van der Waals surface area contributed by atoms with Crippen molar-refractivity contribution in [3.8, 4) is 28.7 Å². The average Bonchev–Trinajstić information content (AvgIpc) is 2.96. The maximum absolute atomic E-state index is 12.9. The van der Waals surface area contributed by atoms with E-state index < -0.39 is 5.97 Å². The molecule has 0 saturated carbocycles. The lowest BCUT2D eigenvalue weighted by atomic mass is 10.0. The number of fused-ring (bicyclic) bond motifs is 1. The highest BCUT2D eigenvalue weighted by atomic mass is 79.9. The summed E-state index contributed by atoms with van der Waals surface area (Å²) in [4.78, 5) is 23.0. The third kappa shape index (κ3) is 5.35. The maximum atomic E-state index is 12.9. The van der Waals surface area contributed by atoms with Gasteiger partial charge in [0.05, 0.1) is 45.6 Å². The number of aromatic nitrogens is 1. The van der Waals surface area contributed by atoms with Crippen LogP contribution in [0.1, 0.15) is 21.6 Å². The second-order valence-electron chi connectivity index (χ2n) is 7.83. The Balaban J connectivity index is 1.87. The predicted molar refractivity (Wildman–Crippen MR) is 146 cm³/mol. The normalized spacial score (nSPS) is 11.2. The molecule has 4 aromatic rings. The molecule has 196 valence electrons. The van der Waals surface area contributed by atoms with Gasteiger partial charge in [0.25, 0.3) is 0 Å². The fourth-order valence-electron chi connectivity index (χ4n) is 3.84. The van der Waals surface area contributed by atoms with Gasteiger partial charge in [0.15, 0.2) is 23.0 Å². The van der Waals surface area contributed by atoms with Gasteiger partial charge in [-0.15, -0.1) is 0 Å². The Morgan fingerprint density at radius 1 is 0.711 bits per heavy atom. The van der Waals surface area contributed by atoms with Crippen molar-refractivity contribution in [3.63, 3.8) is 0 Å². The number of pyridine rings is 1. The summed E-state index contributed by atoms with van der Waals surface area (Å²) in [5.74, 6) is 2.01. The monoisotopic (exact) mass is 580 g/mol. The van der Waals surface area contributed by atoms with Gasteiger partial charge < -0.3 is 28.5 Å². The first-order valence-corrected chi connectivity index (χ1v) is 12.1. The molecule has 9 nitrogen and oxygen atoms in total. The van der Waals surface area contributed by atoms with Gasteiger partial charge >= 0.3 is 5.97 Å². The molecule has 0 spiro atoms. The largest absolute Gasteiger partial charge is 0.496 e. The molecule has 38 heavy (non-hydrogen) atoms. The lowest BCUT2D eigenvalue weighted by molar-refractivity contribution is 0.0517. The number of carbonyl (C=O) groups is 1. The summed E-state index contributed by atoms with van der Waals surface area (Å²) in [6.07, 6.45) is 1.64. The Morgan fingerprint density at radius 3 is 1.97 bits per heavy atom. The molecule has 0 fully saturated rings. The second kappa shape index (κ2) is 11.8. The van der Waals surface area contributed by atoms with Crippen LogP contribution in [0.3, 0.4) is 0 Å². The number of oxime groups is 1. The molecule has 4 rings (SSSR count). The number of hydrogen-bond acceptors (Lipinski definition) is 9. The summed E-state index contributed by atoms with van der Waals surface area (Å²) in [6, 6.07) is 15.6. The summed E-state index contributed by atoms with van der Waals surface area (Å²) in [7, 11) is 7.75. The minimum atomic E-state index is -0.661. The summed E-state index contributed by atoms with van der Waals surface area (Å²) >= 11 is 3.38. The van der Waals surface area contributed by atoms with Crippen LogP contribution in [0, 0.1) is 0 Å². The highest BCUT2D eigenvalue weighted by molar-refractivity contribution is 9.10. The smallest absolute Gasteiger partial charge is 0.365 e. The Labute approximate surface area is 228 Å². The summed E-state index contributed by atoms with van der Waals surface area (Å²) < 4.78 is 27.7. The van der Waals surface area contributed by atoms with Crippen molar-refractivity contribution in [1.29, 1.82) is 0 Å². The quantitative estimate of drug-likeness (QED) is 0.142. The van der Waals surface area contributed by atoms with E-state index in [4.69, 9.17) is 28.5 Å². The Hall–Kier alpha value is -4.31. The highest BCUT2D eigenvalue weighted by Gasteiger charge is 2.20. The standard InChI is InChI=1S/C28H25BrN2O7/c1-33-21-8-7-18(12-20(21)29)28(32)38-31-26(17-6-9-22(34-2)23(14-17)35-3)27-19-15-25(37-5)24(36-4)13-16(19)10-11-30-27/h6-15H,1-5H3/b31-26-. The minimum Gasteiger partial charge on any atom is -0.496 e. The van der Waals surface area contributed by atoms with Gasteiger partial charge in [0, 0.05) is 17.1 Å². The average molecular weight is 581 g/mol. The molecule has 0 amide bonds. The number of carbonyl (C=O) groups excluding carboxylic acids is 1. The van der Waals surface area contributed by atoms with E-state index in [1.165, 1.54) is 7.11 Å². The SMILES string of the molecule is COc1ccc(C(=O)O/N=C(/c2ccc(OC)c(OC)c2)c2nccc3cc(OC)c(OC)cc23)cc1Br. The number of rotatable bonds is 9. The Kier molecular flexibility index (Phi) is 8.32. The number of benzene rings is 3. The molecule has 1 heterocycles. The van der Waals surface area contributed by atoms with Crippen LogP contribution < -0.4 is 23.7 Å². The van der Waals surface area contributed by atoms with Crippen molar-refractivity contribution in [2.24, 2.45) is 5.16 Å². The topological polar surface area (TPSA) is 97.7 Å². The van der Waals surface area contributed by atoms with Crippen LogP contribution in [-0.4, -0.2) is 52.2 Å². The van der Waals surface area contributed by atoms with Crippen molar-refractivity contribution in [2.45, 2.75) is 0 Å². The van der Waals surface area contributed by atoms with E-state index in [2.05, 4.69) is 26.1 Å². The van der Waals surface area contributed by atoms with Gasteiger partial charge in [-0.2, -0.15) is 0 Å². The van der Waals surface area contributed by atoms with E-state index in [9.17, 15) is 4.79 Å². The van der Waals surface area contributed by atoms with Crippen LogP contribution >= 0.6 is 15.9 Å². The van der Waals surface area contributed by atoms with Crippen LogP contribution in [0.2, 0.25) is 0 Å². The maximum Gasteiger partial charge on any atom is 0.365 e. The molecule has 0 aliphatic rings. The fourth-order valence-corrected chi connectivity index (χ4v) is 4.38. The summed E-state index contributed by atoms with van der Waals surface area (Å²) in [5.41, 5.74) is 1.62. The van der Waals surface area contributed by atoms with E-state index >= 15 is 0 Å². The first kappa shape index (κ1) is 26.7. The number of methoxy groups -OCH3 is 5. The summed E-state index contributed by atoms with van der Waals surface area (Å²) in [6.45, 7) is 0. The number of hydrogen-bond donors (Lipinski definition) is 0. The molecular formula is C28H25BrN2O7. The molecule has 3 aromatic carbocycles. The van der Waals surface area contributed by atoms with Crippen LogP contribution in [0.25, 0.3) is 10.8 Å². The van der Waals surface area contributed by atoms with Crippen LogP contribution in [0.4, 0.5) is 0 Å². The number of nitrogens with zero attached hydrogens (tertiary/aromatic N) is 2. The molecule has 0 atom stereocenters. The fraction of sp³-hybridized carbons (Fsp3) is 0.179. The Morgan fingerprint density at radius 2 is 1.32 bits per heavy atom. The van der Waals surface area contributed by atoms with Gasteiger partial charge in [0.1, 0.15) is 17.2 Å². The highest BCUT2D eigenvalue weighted by Crippen LogP contribution is 2.35. The van der Waals surface area contributed by atoms with E-state index in [1.807, 2.05) is 12.1 Å². The van der Waals surface area contributed by atoms with Gasteiger partial charge in [0.2, 0.25) is 0 Å². The van der Waals surface area contributed by atoms with Gasteiger partial charge in [-0.3, -0.25) is 4.98 Å². The zero-order valence-corrected chi connectivity index (χ0v) is 23.0. The third-order valence-electron chi connectivity index (χ3n) is 5.76. The first-order valence-electron chi connectivity index (χ1n) is 11.3. The van der Waals surface area contributed by atoms with Crippen molar-refractivity contribution in [3.05, 3.63) is 82.1 Å². The zero-order chi connectivity index (χ0) is 27.2. The van der Waals surface area contributed by atoms with Gasteiger partial charge in [-0.25, -0.2) is 4.79 Å². The van der Waals surface area contributed by atoms with E-state index in [-0.39, 0.29) is 5.56 Å². The minimum absolute atomic E-state index is 0.283. The van der Waals surface area contributed by atoms with Gasteiger partial charge in [-0.05, 0) is 75.9 Å². The molecule has 0 saturated heterocycles. The molecule has 10 heteroatoms. The van der Waals surface area contributed by atoms with Crippen LogP contribution in [-0.2, 0) is 4.84 Å². The van der Waals surface area contributed by atoms with Crippen LogP contribution in [0.5, 0.6) is 28.7 Å². The van der Waals surface area contributed by atoms with E-state index in [1.54, 1.807) is 77.1 Å². The molecular weight excluding hydrogens is 556 g/mol. The molecule has 0 bridgehead atoms. The lowest BCUT2D eigenvalue weighted by Gasteiger charge is -2.14. The third-order valence-corrected chi connectivity index (χ3v) is 6.38. The lowest BCUT2D eigenvalue weighted by Crippen LogP contribution is -2.11. The second-order valence-corrected chi connectivity index (χ2v) is 8.68. The summed E-state index contributed by atoms with van der Waals surface area (Å²) in [5, 5.41) is 5.82. The van der Waals surface area contributed by atoms with Crippen LogP contribution in [0.15, 0.2) is 70.4 Å². The number of halogens is 1. The molecule has 0 radical (unpaired) electrons. The molecule has 1 aromatic heterocycles. The van der Waals surface area contributed by atoms with E-state index in [0.717, 1.165) is 5.39 Å². The molecule has 0 aliphatic carbocycles. The Bertz CT molecular complexity index is 1520. The van der Waals surface area contributed by atoms with Crippen molar-refractivity contribution in [2.75, 3.05) is 35.5 Å². The predicted octanol–water partition coefficient (Wildman–Crippen LogP) is 5.65. The van der Waals surface area contributed by atoms with Crippen molar-refractivity contribution in [1.82, 2.24) is 4.98 Å². The molecule has 0 unspecified atom stereocenters. The molecule has 0 N–H and O–H groups in total. The van der Waals surface area contributed by atoms with Gasteiger partial charge in [-0.1, -0.05) is 5.16 Å². The van der Waals surface area contributed by atoms with Crippen molar-refractivity contribution < 1.29 is 33.3 Å². The van der Waals surface area contributed by atoms with Crippen molar-refractivity contribution >= 4 is 38.4 Å². The number of ether oxygens (including phenoxy) is 5.